The molecule has 34 unspecified atom stereocenters. The van der Waals surface area contributed by atoms with Gasteiger partial charge in [-0.3, -0.25) is 4.79 Å². The van der Waals surface area contributed by atoms with Gasteiger partial charge in [-0.05, 0) is 112 Å². The Labute approximate surface area is 539 Å². The fourth-order valence-corrected chi connectivity index (χ4v) is 17.7. The van der Waals surface area contributed by atoms with Crippen molar-refractivity contribution in [2.75, 3.05) is 39.6 Å². The standard InChI is InChI=1S/C63H102O30/c1-25(2)9-8-10-26(3)27-14-18-63(59(80)81)29-11-12-36-60(4,5)37(15-16-61(36,6)28(29)13-17-62(27,63)7)89-57-52(93-56-47(78)42(73)39(70)32(19-64)85-56)49(31(68)23-83-57)90-54-46(77)41(72)35(24-84-54)88-55-48(79)44(75)50(34(21-66)87-55)91-58-51(43(74)40(71)33(20-65)86-58)92-53-45(76)38(69)30(67)22-82-53/h9,26-27,30-58,64-79H,8,10-24H2,1-7H3,(H,80,81). The fourth-order valence-electron chi connectivity index (χ4n) is 17.7. The molecule has 6 aliphatic heterocycles. The zero-order chi connectivity index (χ0) is 67.7. The van der Waals surface area contributed by atoms with Gasteiger partial charge in [0.1, 0.15) is 128 Å². The molecule has 30 heteroatoms. The maximum absolute atomic E-state index is 14.0. The molecule has 34 atom stereocenters. The number of aliphatic hydroxyl groups is 16. The Morgan fingerprint density at radius 1 is 0.516 bits per heavy atom. The molecule has 0 aromatic rings. The highest BCUT2D eigenvalue weighted by Gasteiger charge is 2.69. The Morgan fingerprint density at radius 2 is 1.05 bits per heavy atom. The number of rotatable bonds is 20. The van der Waals surface area contributed by atoms with E-state index in [0.29, 0.717) is 38.0 Å². The van der Waals surface area contributed by atoms with Crippen LogP contribution >= 0.6 is 0 Å². The van der Waals surface area contributed by atoms with Gasteiger partial charge in [0.15, 0.2) is 37.7 Å². The smallest absolute Gasteiger partial charge is 0.314 e. The van der Waals surface area contributed by atoms with Crippen LogP contribution in [-0.4, -0.2) is 304 Å². The van der Waals surface area contributed by atoms with E-state index in [4.69, 9.17) is 56.8 Å². The minimum Gasteiger partial charge on any atom is -0.481 e. The molecule has 2 saturated carbocycles. The van der Waals surface area contributed by atoms with Gasteiger partial charge in [0.2, 0.25) is 0 Å². The first-order chi connectivity index (χ1) is 43.9. The number of hydrogen-bond donors (Lipinski definition) is 17. The molecule has 0 spiro atoms. The van der Waals surface area contributed by atoms with Crippen LogP contribution in [0.4, 0.5) is 0 Å². The van der Waals surface area contributed by atoms with Crippen molar-refractivity contribution >= 4 is 5.97 Å². The molecule has 10 aliphatic rings. The number of carboxylic acids is 1. The molecule has 0 radical (unpaired) electrons. The van der Waals surface area contributed by atoms with E-state index < -0.39 is 239 Å². The number of allylic oxidation sites excluding steroid dienone is 3. The average Bonchev–Trinajstić information content (AvgIpc) is 1.64. The predicted molar refractivity (Wildman–Crippen MR) is 313 cm³/mol. The topological polar surface area (TPSA) is 472 Å². The Kier molecular flexibility index (Phi) is 23.1. The number of ether oxygens (including phenoxy) is 12. The van der Waals surface area contributed by atoms with Crippen LogP contribution in [0.25, 0.3) is 0 Å². The van der Waals surface area contributed by atoms with E-state index in [1.807, 2.05) is 0 Å². The highest BCUT2D eigenvalue weighted by molar-refractivity contribution is 5.82. The van der Waals surface area contributed by atoms with Crippen LogP contribution in [0.2, 0.25) is 0 Å². The van der Waals surface area contributed by atoms with E-state index in [-0.39, 0.29) is 11.8 Å². The van der Waals surface area contributed by atoms with Gasteiger partial charge in [-0.2, -0.15) is 0 Å². The van der Waals surface area contributed by atoms with Crippen LogP contribution in [0.1, 0.15) is 113 Å². The number of carboxylic acid groups (broad SMARTS) is 1. The SMILES string of the molecule is CC(C)=CCCC(C)C1CCC2(C(=O)O)C3=C(CCC12C)C1(C)CCC(OC2OCC(O)C(OC4OCC(OC5OC(CO)C(OC6OC(CO)C(O)C(O)C6OC6OCC(O)C(O)C6O)C(O)C5O)C(O)C4O)C2OC2OC(CO)C(O)C(O)C2O)C(C)(C)C1CC3. The quantitative estimate of drug-likeness (QED) is 0.0524. The first-order valence-corrected chi connectivity index (χ1v) is 32.9. The first-order valence-electron chi connectivity index (χ1n) is 32.9. The molecule has 10 rings (SSSR count). The minimum absolute atomic E-state index is 0.0253. The maximum Gasteiger partial charge on any atom is 0.314 e. The summed E-state index contributed by atoms with van der Waals surface area (Å²) in [6.07, 6.45) is -39.4. The van der Waals surface area contributed by atoms with E-state index in [0.717, 1.165) is 37.7 Å². The molecular formula is C63H102O30. The summed E-state index contributed by atoms with van der Waals surface area (Å²) in [5.41, 5.74) is 1.09. The van der Waals surface area contributed by atoms with E-state index in [1.165, 1.54) is 11.1 Å². The molecule has 534 valence electrons. The van der Waals surface area contributed by atoms with Crippen molar-refractivity contribution in [2.45, 2.75) is 285 Å². The van der Waals surface area contributed by atoms with E-state index >= 15 is 0 Å². The molecule has 8 fully saturated rings. The molecule has 0 aromatic heterocycles. The molecule has 6 saturated heterocycles. The number of hydrogen-bond acceptors (Lipinski definition) is 29. The number of aliphatic hydroxyl groups excluding tert-OH is 16. The number of aliphatic carboxylic acids is 1. The van der Waals surface area contributed by atoms with Crippen molar-refractivity contribution in [3.8, 4) is 0 Å². The lowest BCUT2D eigenvalue weighted by Crippen LogP contribution is -2.67. The van der Waals surface area contributed by atoms with Crippen molar-refractivity contribution in [3.05, 3.63) is 22.8 Å². The van der Waals surface area contributed by atoms with Crippen LogP contribution in [-0.2, 0) is 61.6 Å². The van der Waals surface area contributed by atoms with E-state index in [1.54, 1.807) is 0 Å². The maximum atomic E-state index is 14.0. The van der Waals surface area contributed by atoms with Crippen molar-refractivity contribution < 1.29 is 148 Å². The van der Waals surface area contributed by atoms with Crippen molar-refractivity contribution in [2.24, 2.45) is 39.4 Å². The van der Waals surface area contributed by atoms with Crippen LogP contribution in [0.15, 0.2) is 22.8 Å². The van der Waals surface area contributed by atoms with Crippen LogP contribution in [0, 0.1) is 39.4 Å². The molecule has 4 aliphatic carbocycles. The van der Waals surface area contributed by atoms with Crippen molar-refractivity contribution in [1.82, 2.24) is 0 Å². The van der Waals surface area contributed by atoms with Gasteiger partial charge in [0.25, 0.3) is 0 Å². The van der Waals surface area contributed by atoms with E-state index in [9.17, 15) is 91.6 Å². The third kappa shape index (κ3) is 13.5. The van der Waals surface area contributed by atoms with Crippen molar-refractivity contribution in [1.29, 1.82) is 0 Å². The molecule has 6 heterocycles. The second kappa shape index (κ2) is 29.2. The zero-order valence-electron chi connectivity index (χ0n) is 53.7. The molecule has 0 aromatic carbocycles. The van der Waals surface area contributed by atoms with Gasteiger partial charge < -0.3 is 144 Å². The van der Waals surface area contributed by atoms with E-state index in [2.05, 4.69) is 54.5 Å². The van der Waals surface area contributed by atoms with Crippen LogP contribution < -0.4 is 0 Å². The van der Waals surface area contributed by atoms with Gasteiger partial charge in [0.05, 0.1) is 51.2 Å². The second-order valence-corrected chi connectivity index (χ2v) is 29.0. The second-order valence-electron chi connectivity index (χ2n) is 29.0. The first kappa shape index (κ1) is 73.5. The number of fused-ring (bicyclic) bond motifs is 4. The van der Waals surface area contributed by atoms with Crippen molar-refractivity contribution in [3.63, 3.8) is 0 Å². The Bertz CT molecular complexity index is 2570. The summed E-state index contributed by atoms with van der Waals surface area (Å²) in [5, 5.41) is 186. The summed E-state index contributed by atoms with van der Waals surface area (Å²) in [7, 11) is 0. The Morgan fingerprint density at radius 3 is 1.71 bits per heavy atom. The summed E-state index contributed by atoms with van der Waals surface area (Å²) in [6, 6.07) is 0. The summed E-state index contributed by atoms with van der Waals surface area (Å²) in [6.45, 7) is 10.8. The van der Waals surface area contributed by atoms with Gasteiger partial charge >= 0.3 is 5.97 Å². The molecule has 30 nitrogen and oxygen atoms in total. The largest absolute Gasteiger partial charge is 0.481 e. The third-order valence-corrected chi connectivity index (χ3v) is 23.0. The third-order valence-electron chi connectivity index (χ3n) is 23.0. The van der Waals surface area contributed by atoms with Crippen LogP contribution in [0.3, 0.4) is 0 Å². The number of carbonyl (C=O) groups is 1. The summed E-state index contributed by atoms with van der Waals surface area (Å²) < 4.78 is 71.9. The lowest BCUT2D eigenvalue weighted by atomic mass is 9.43. The molecule has 93 heavy (non-hydrogen) atoms. The fraction of sp³-hybridized carbons (Fsp3) is 0.921. The lowest BCUT2D eigenvalue weighted by Gasteiger charge is -2.62. The average molecular weight is 1340 g/mol. The lowest BCUT2D eigenvalue weighted by molar-refractivity contribution is -0.395. The Hall–Kier alpha value is -2.17. The van der Waals surface area contributed by atoms with Gasteiger partial charge in [-0.25, -0.2) is 0 Å². The highest BCUT2D eigenvalue weighted by atomic mass is 16.8. The monoisotopic (exact) mass is 1340 g/mol. The molecule has 0 bridgehead atoms. The summed E-state index contributed by atoms with van der Waals surface area (Å²) in [4.78, 5) is 14.0. The molecule has 0 amide bonds. The normalized spacial score (nSPS) is 50.5. The van der Waals surface area contributed by atoms with Gasteiger partial charge in [0, 0.05) is 0 Å². The minimum atomic E-state index is -2.10. The predicted octanol–water partition coefficient (Wildman–Crippen LogP) is -3.59. The molecular weight excluding hydrogens is 1240 g/mol. The van der Waals surface area contributed by atoms with Crippen LogP contribution in [0.5, 0.6) is 0 Å². The zero-order valence-corrected chi connectivity index (χ0v) is 53.7. The summed E-state index contributed by atoms with van der Waals surface area (Å²) in [5.74, 6) is -0.196. The Balaban J connectivity index is 0.835. The summed E-state index contributed by atoms with van der Waals surface area (Å²) >= 11 is 0. The highest BCUT2D eigenvalue weighted by Crippen LogP contribution is 2.73. The molecule has 17 N–H and O–H groups in total. The van der Waals surface area contributed by atoms with Gasteiger partial charge in [-0.15, -0.1) is 0 Å². The van der Waals surface area contributed by atoms with Gasteiger partial charge in [-0.1, -0.05) is 57.4 Å².